The maximum Gasteiger partial charge on any atom is 1.00 e. The summed E-state index contributed by atoms with van der Waals surface area (Å²) in [6, 6.07) is 3.14. The molecule has 0 heterocycles. The van der Waals surface area contributed by atoms with Crippen LogP contribution < -0.4 is 29.6 Å². The number of esters is 2. The zero-order chi connectivity index (χ0) is 43.6. The number of unbranched alkanes of at least 4 members (excludes halogenated alkanes) is 32. The van der Waals surface area contributed by atoms with Crippen LogP contribution in [0.4, 0.5) is 0 Å². The molecule has 0 aliphatic heterocycles. The van der Waals surface area contributed by atoms with Gasteiger partial charge in [0.05, 0.1) is 29.2 Å². The molecule has 0 amide bonds. The van der Waals surface area contributed by atoms with Crippen LogP contribution in [0, 0.1) is 0 Å². The van der Waals surface area contributed by atoms with Gasteiger partial charge in [0.25, 0.3) is 0 Å². The first kappa shape index (κ1) is 59.5. The van der Waals surface area contributed by atoms with Gasteiger partial charge in [0.2, 0.25) is 0 Å². The predicted molar refractivity (Wildman–Crippen MR) is 251 cm³/mol. The van der Waals surface area contributed by atoms with E-state index in [0.29, 0.717) is 12.8 Å². The van der Waals surface area contributed by atoms with Gasteiger partial charge in [-0.1, -0.05) is 205 Å². The Morgan fingerprint density at radius 3 is 1.03 bits per heavy atom. The molecular weight excluding hydrogens is 792 g/mol. The van der Waals surface area contributed by atoms with Gasteiger partial charge in [-0.15, -0.1) is 0 Å². The summed E-state index contributed by atoms with van der Waals surface area (Å²) in [7, 11) is -4.82. The number of allylic oxidation sites excluding steroid dienone is 4. The molecule has 7 nitrogen and oxygen atoms in total. The molecule has 0 bridgehead atoms. The molecule has 0 saturated carbocycles. The van der Waals surface area contributed by atoms with E-state index in [0.717, 1.165) is 63.5 Å². The number of ether oxygens (including phenoxy) is 2. The van der Waals surface area contributed by atoms with E-state index in [1.165, 1.54) is 173 Å². The van der Waals surface area contributed by atoms with E-state index in [1.807, 2.05) is 0 Å². The molecule has 0 radical (unpaired) electrons. The third-order valence-corrected chi connectivity index (χ3v) is 12.3. The van der Waals surface area contributed by atoms with Gasteiger partial charge in [-0.3, -0.25) is 0 Å². The number of carbonyl (C=O) groups excluding carboxylic acids is 2. The Labute approximate surface area is 397 Å². The molecule has 0 aromatic heterocycles. The van der Waals surface area contributed by atoms with Crippen LogP contribution in [0.25, 0.3) is 0 Å². The largest absolute Gasteiger partial charge is 1.00 e. The monoisotopic (exact) mass is 881 g/mol. The fourth-order valence-electron chi connectivity index (χ4n) is 7.62. The van der Waals surface area contributed by atoms with Gasteiger partial charge in [-0.05, 0) is 82.4 Å². The molecule has 1 rings (SSSR count). The van der Waals surface area contributed by atoms with Gasteiger partial charge in [-0.2, -0.15) is 0 Å². The summed E-state index contributed by atoms with van der Waals surface area (Å²) in [6.45, 7) is 4.89. The molecular formula is C52H89NaO7S. The second-order valence-electron chi connectivity index (χ2n) is 17.1. The van der Waals surface area contributed by atoms with Crippen LogP contribution in [0.15, 0.2) is 47.4 Å². The van der Waals surface area contributed by atoms with Gasteiger partial charge in [-0.25, -0.2) is 18.0 Å². The van der Waals surface area contributed by atoms with E-state index in [-0.39, 0.29) is 53.9 Å². The summed E-state index contributed by atoms with van der Waals surface area (Å²) in [5.74, 6) is -1.55. The zero-order valence-corrected chi connectivity index (χ0v) is 42.5. The number of hydrogen-bond donors (Lipinski definition) is 0. The predicted octanol–water partition coefficient (Wildman–Crippen LogP) is 13.1. The fourth-order valence-corrected chi connectivity index (χ4v) is 8.12. The average Bonchev–Trinajstić information content (AvgIpc) is 3.24. The minimum atomic E-state index is -4.82. The molecule has 0 N–H and O–H groups in total. The topological polar surface area (TPSA) is 110 Å². The summed E-state index contributed by atoms with van der Waals surface area (Å²) in [5, 5.41) is 0. The molecule has 0 fully saturated rings. The Kier molecular flexibility index (Phi) is 42.7. The molecule has 0 unspecified atom stereocenters. The molecule has 9 heteroatoms. The fraction of sp³-hybridized carbons (Fsp3) is 0.769. The Bertz CT molecular complexity index is 1340. The smallest absolute Gasteiger partial charge is 0.744 e. The van der Waals surface area contributed by atoms with Crippen molar-refractivity contribution in [1.29, 1.82) is 0 Å². The van der Waals surface area contributed by atoms with Gasteiger partial charge in [0.1, 0.15) is 10.1 Å². The average molecular weight is 881 g/mol. The molecule has 0 aliphatic carbocycles. The number of benzene rings is 1. The van der Waals surface area contributed by atoms with Gasteiger partial charge < -0.3 is 14.0 Å². The van der Waals surface area contributed by atoms with Crippen molar-refractivity contribution >= 4 is 22.1 Å². The van der Waals surface area contributed by atoms with Crippen molar-refractivity contribution in [3.63, 3.8) is 0 Å². The van der Waals surface area contributed by atoms with Gasteiger partial charge in [0, 0.05) is 0 Å². The molecule has 61 heavy (non-hydrogen) atoms. The van der Waals surface area contributed by atoms with Crippen molar-refractivity contribution in [2.75, 3.05) is 13.2 Å². The zero-order valence-electron chi connectivity index (χ0n) is 39.7. The summed E-state index contributed by atoms with van der Waals surface area (Å²) in [4.78, 5) is 25.3. The van der Waals surface area contributed by atoms with Crippen molar-refractivity contribution in [3.05, 3.63) is 53.6 Å². The quantitative estimate of drug-likeness (QED) is 0.0211. The Balaban J connectivity index is 0.0000360. The molecule has 0 saturated heterocycles. The molecule has 0 aliphatic rings. The number of carbonyl (C=O) groups is 2. The van der Waals surface area contributed by atoms with Crippen LogP contribution in [0.5, 0.6) is 0 Å². The molecule has 1 aromatic rings. The summed E-state index contributed by atoms with van der Waals surface area (Å²) in [5.41, 5.74) is -0.345. The van der Waals surface area contributed by atoms with Crippen LogP contribution in [-0.2, 0) is 19.6 Å². The Morgan fingerprint density at radius 1 is 0.443 bits per heavy atom. The van der Waals surface area contributed by atoms with Crippen molar-refractivity contribution in [2.24, 2.45) is 0 Å². The third-order valence-electron chi connectivity index (χ3n) is 11.5. The van der Waals surface area contributed by atoms with Crippen LogP contribution in [0.2, 0.25) is 0 Å². The summed E-state index contributed by atoms with van der Waals surface area (Å²) in [6.07, 6.45) is 53.7. The first-order chi connectivity index (χ1) is 29.3. The van der Waals surface area contributed by atoms with E-state index in [2.05, 4.69) is 38.2 Å². The molecule has 1 aromatic carbocycles. The SMILES string of the molecule is CCCCCCCCCCCC/C=C/CCCCCCCCOC(=O)c1ccc(S(=O)(=O)[O-])cc1C(=O)OCCCCCCCC/C=C/CCCCCCCCCCCC.[Na+]. The maximum atomic E-state index is 13.0. The minimum Gasteiger partial charge on any atom is -0.744 e. The summed E-state index contributed by atoms with van der Waals surface area (Å²) < 4.78 is 45.9. The summed E-state index contributed by atoms with van der Waals surface area (Å²) >= 11 is 0. The minimum absolute atomic E-state index is 0. The van der Waals surface area contributed by atoms with Crippen LogP contribution in [0.3, 0.4) is 0 Å². The second kappa shape index (κ2) is 43.8. The van der Waals surface area contributed by atoms with E-state index in [9.17, 15) is 22.6 Å². The van der Waals surface area contributed by atoms with Crippen molar-refractivity contribution in [1.82, 2.24) is 0 Å². The van der Waals surface area contributed by atoms with E-state index < -0.39 is 27.0 Å². The normalized spacial score (nSPS) is 11.7. The van der Waals surface area contributed by atoms with Crippen molar-refractivity contribution in [2.45, 2.75) is 250 Å². The molecule has 0 atom stereocenters. The van der Waals surface area contributed by atoms with Crippen molar-refractivity contribution in [3.8, 4) is 0 Å². The van der Waals surface area contributed by atoms with Crippen molar-refractivity contribution < 1.29 is 61.6 Å². The van der Waals surface area contributed by atoms with E-state index >= 15 is 0 Å². The Hall–Kier alpha value is -1.45. The maximum absolute atomic E-state index is 13.0. The number of hydrogen-bond acceptors (Lipinski definition) is 7. The second-order valence-corrected chi connectivity index (χ2v) is 18.5. The standard InChI is InChI=1S/C52H90O7S.Na/c1-3-5-7-9-11-13-15-17-19-21-23-25-27-29-31-33-35-37-39-41-45-58-51(53)49-44-43-48(60(55,56)57)47-50(49)52(54)59-46-42-40-38-36-34-32-30-28-26-24-22-20-18-16-14-12-10-8-6-4-2;/h25-28,43-44,47H,3-24,29-42,45-46H2,1-2H3,(H,55,56,57);/q;+1/p-1/b27-25+,28-26+;. The van der Waals surface area contributed by atoms with E-state index in [4.69, 9.17) is 9.47 Å². The van der Waals surface area contributed by atoms with Crippen LogP contribution in [-0.4, -0.2) is 38.1 Å². The molecule has 346 valence electrons. The molecule has 0 spiro atoms. The van der Waals surface area contributed by atoms with Crippen LogP contribution >= 0.6 is 0 Å². The first-order valence-electron chi connectivity index (χ1n) is 25.0. The van der Waals surface area contributed by atoms with Crippen LogP contribution in [0.1, 0.15) is 266 Å². The third kappa shape index (κ3) is 36.6. The number of rotatable bonds is 43. The van der Waals surface area contributed by atoms with Gasteiger partial charge in [0.15, 0.2) is 0 Å². The van der Waals surface area contributed by atoms with E-state index in [1.54, 1.807) is 0 Å². The first-order valence-corrected chi connectivity index (χ1v) is 26.5. The Morgan fingerprint density at radius 2 is 0.721 bits per heavy atom. The van der Waals surface area contributed by atoms with Gasteiger partial charge >= 0.3 is 41.5 Å².